The second-order valence-corrected chi connectivity index (χ2v) is 2.95. The summed E-state index contributed by atoms with van der Waals surface area (Å²) in [7, 11) is 0. The van der Waals surface area contributed by atoms with Gasteiger partial charge in [0.2, 0.25) is 0 Å². The molecule has 7 nitrogen and oxygen atoms in total. The van der Waals surface area contributed by atoms with Crippen LogP contribution in [-0.4, -0.2) is 20.2 Å². The van der Waals surface area contributed by atoms with E-state index in [1.165, 1.54) is 12.1 Å². The predicted molar refractivity (Wildman–Crippen MR) is 52.3 cm³/mol. The molecule has 0 fully saturated rings. The van der Waals surface area contributed by atoms with Gasteiger partial charge >= 0.3 is 0 Å². The van der Waals surface area contributed by atoms with Gasteiger partial charge in [0.15, 0.2) is 5.82 Å². The lowest BCUT2D eigenvalue weighted by Gasteiger charge is -1.95. The maximum Gasteiger partial charge on any atom is 0.282 e. The topological polar surface area (TPSA) is 102 Å². The van der Waals surface area contributed by atoms with Crippen molar-refractivity contribution in [3.8, 4) is 11.5 Å². The quantitative estimate of drug-likeness (QED) is 0.615. The van der Waals surface area contributed by atoms with Gasteiger partial charge in [-0.1, -0.05) is 17.3 Å². The van der Waals surface area contributed by atoms with E-state index in [-0.39, 0.29) is 29.6 Å². The summed E-state index contributed by atoms with van der Waals surface area (Å²) in [6, 6.07) is 6.03. The minimum Gasteiger partial charge on any atom is -0.388 e. The van der Waals surface area contributed by atoms with Gasteiger partial charge in [-0.3, -0.25) is 10.1 Å². The van der Waals surface area contributed by atoms with Crippen LogP contribution in [0.4, 0.5) is 5.69 Å². The van der Waals surface area contributed by atoms with Gasteiger partial charge in [0.25, 0.3) is 11.6 Å². The van der Waals surface area contributed by atoms with Crippen molar-refractivity contribution < 1.29 is 14.6 Å². The Morgan fingerprint density at radius 2 is 2.19 bits per heavy atom. The summed E-state index contributed by atoms with van der Waals surface area (Å²) in [4.78, 5) is 14.0. The van der Waals surface area contributed by atoms with Crippen molar-refractivity contribution in [3.05, 3.63) is 40.2 Å². The minimum atomic E-state index is -0.530. The average Bonchev–Trinajstić information content (AvgIpc) is 2.77. The number of hydrogen-bond donors (Lipinski definition) is 1. The first kappa shape index (κ1) is 10.2. The van der Waals surface area contributed by atoms with E-state index in [1.54, 1.807) is 12.1 Å². The highest BCUT2D eigenvalue weighted by Crippen LogP contribution is 2.27. The lowest BCUT2D eigenvalue weighted by atomic mass is 10.2. The summed E-state index contributed by atoms with van der Waals surface area (Å²) in [5, 5.41) is 22.9. The molecule has 0 spiro atoms. The summed E-state index contributed by atoms with van der Waals surface area (Å²) in [5.74, 6) is 0.115. The monoisotopic (exact) mass is 221 g/mol. The summed E-state index contributed by atoms with van der Waals surface area (Å²) in [6.07, 6.45) is 0. The third-order valence-corrected chi connectivity index (χ3v) is 1.94. The highest BCUT2D eigenvalue weighted by Gasteiger charge is 2.19. The van der Waals surface area contributed by atoms with Crippen LogP contribution in [0.1, 0.15) is 5.82 Å². The molecule has 2 aromatic rings. The molecule has 0 atom stereocenters. The first-order valence-electron chi connectivity index (χ1n) is 4.39. The lowest BCUT2D eigenvalue weighted by Crippen LogP contribution is -1.92. The van der Waals surface area contributed by atoms with E-state index < -0.39 is 4.92 Å². The van der Waals surface area contributed by atoms with Crippen molar-refractivity contribution >= 4 is 5.69 Å². The molecular weight excluding hydrogens is 214 g/mol. The number of aliphatic hydroxyl groups excluding tert-OH is 1. The van der Waals surface area contributed by atoms with Crippen LogP contribution in [-0.2, 0) is 6.61 Å². The molecule has 0 aliphatic rings. The van der Waals surface area contributed by atoms with Gasteiger partial charge in [0.1, 0.15) is 12.2 Å². The van der Waals surface area contributed by atoms with Crippen molar-refractivity contribution in [2.75, 3.05) is 0 Å². The molecular formula is C9H7N3O4. The van der Waals surface area contributed by atoms with Crippen LogP contribution >= 0.6 is 0 Å². The van der Waals surface area contributed by atoms with Crippen LogP contribution in [0.15, 0.2) is 28.8 Å². The Hall–Kier alpha value is -2.28. The van der Waals surface area contributed by atoms with Crippen molar-refractivity contribution in [2.45, 2.75) is 6.61 Å². The largest absolute Gasteiger partial charge is 0.388 e. The molecule has 1 aromatic heterocycles. The molecule has 1 aromatic carbocycles. The Morgan fingerprint density at radius 1 is 1.44 bits per heavy atom. The molecule has 0 amide bonds. The van der Waals surface area contributed by atoms with E-state index in [9.17, 15) is 10.1 Å². The van der Waals surface area contributed by atoms with E-state index >= 15 is 0 Å². The van der Waals surface area contributed by atoms with Gasteiger partial charge in [0.05, 0.1) is 4.92 Å². The number of nitrogens with zero attached hydrogens (tertiary/aromatic N) is 3. The number of para-hydroxylation sites is 1. The first-order chi connectivity index (χ1) is 7.72. The normalized spacial score (nSPS) is 10.3. The number of rotatable bonds is 3. The molecule has 0 aliphatic heterocycles. The zero-order valence-corrected chi connectivity index (χ0v) is 8.03. The maximum absolute atomic E-state index is 10.7. The molecule has 1 heterocycles. The van der Waals surface area contributed by atoms with E-state index in [4.69, 9.17) is 9.63 Å². The van der Waals surface area contributed by atoms with Crippen molar-refractivity contribution in [1.29, 1.82) is 0 Å². The third kappa shape index (κ3) is 1.75. The lowest BCUT2D eigenvalue weighted by molar-refractivity contribution is -0.384. The van der Waals surface area contributed by atoms with Gasteiger partial charge in [0, 0.05) is 6.07 Å². The zero-order chi connectivity index (χ0) is 11.5. The standard InChI is InChI=1S/C9H7N3O4/c13-5-8-10-9(16-11-8)6-3-1-2-4-7(6)12(14)15/h1-4,13H,5H2. The van der Waals surface area contributed by atoms with E-state index in [0.29, 0.717) is 0 Å². The molecule has 16 heavy (non-hydrogen) atoms. The first-order valence-corrected chi connectivity index (χ1v) is 4.39. The van der Waals surface area contributed by atoms with Crippen molar-refractivity contribution in [1.82, 2.24) is 10.1 Å². The number of aromatic nitrogens is 2. The Kier molecular flexibility index (Phi) is 2.61. The zero-order valence-electron chi connectivity index (χ0n) is 8.03. The summed E-state index contributed by atoms with van der Waals surface area (Å²) in [6.45, 7) is -0.371. The fraction of sp³-hybridized carbons (Fsp3) is 0.111. The van der Waals surface area contributed by atoms with Crippen LogP contribution in [0.2, 0.25) is 0 Å². The molecule has 0 unspecified atom stereocenters. The van der Waals surface area contributed by atoms with Gasteiger partial charge in [-0.05, 0) is 6.07 Å². The summed E-state index contributed by atoms with van der Waals surface area (Å²) >= 11 is 0. The van der Waals surface area contributed by atoms with Crippen LogP contribution in [0.3, 0.4) is 0 Å². The molecule has 0 saturated carbocycles. The Bertz CT molecular complexity index is 523. The summed E-state index contributed by atoms with van der Waals surface area (Å²) in [5.41, 5.74) is 0.121. The highest BCUT2D eigenvalue weighted by atomic mass is 16.6. The second-order valence-electron chi connectivity index (χ2n) is 2.95. The highest BCUT2D eigenvalue weighted by molar-refractivity contribution is 5.66. The Balaban J connectivity index is 2.50. The number of benzene rings is 1. The van der Waals surface area contributed by atoms with Crippen molar-refractivity contribution in [2.24, 2.45) is 0 Å². The van der Waals surface area contributed by atoms with Gasteiger partial charge in [-0.25, -0.2) is 0 Å². The third-order valence-electron chi connectivity index (χ3n) is 1.94. The van der Waals surface area contributed by atoms with Crippen LogP contribution < -0.4 is 0 Å². The second kappa shape index (κ2) is 4.07. The molecule has 7 heteroatoms. The van der Waals surface area contributed by atoms with Crippen LogP contribution in [0.5, 0.6) is 0 Å². The van der Waals surface area contributed by atoms with Crippen LogP contribution in [0, 0.1) is 10.1 Å². The molecule has 0 aliphatic carbocycles. The SMILES string of the molecule is O=[N+]([O-])c1ccccc1-c1nc(CO)no1. The molecule has 82 valence electrons. The van der Waals surface area contributed by atoms with E-state index in [0.717, 1.165) is 0 Å². The smallest absolute Gasteiger partial charge is 0.282 e. The molecule has 0 radical (unpaired) electrons. The summed E-state index contributed by atoms with van der Waals surface area (Å²) < 4.78 is 4.81. The van der Waals surface area contributed by atoms with Gasteiger partial charge in [-0.2, -0.15) is 4.98 Å². The van der Waals surface area contributed by atoms with Gasteiger partial charge in [-0.15, -0.1) is 0 Å². The Morgan fingerprint density at radius 3 is 2.81 bits per heavy atom. The molecule has 0 saturated heterocycles. The molecule has 1 N–H and O–H groups in total. The van der Waals surface area contributed by atoms with Crippen molar-refractivity contribution in [3.63, 3.8) is 0 Å². The fourth-order valence-electron chi connectivity index (χ4n) is 1.24. The predicted octanol–water partition coefficient (Wildman–Crippen LogP) is 1.14. The van der Waals surface area contributed by atoms with Crippen LogP contribution in [0.25, 0.3) is 11.5 Å². The number of nitro benzene ring substituents is 1. The minimum absolute atomic E-state index is 0.0244. The van der Waals surface area contributed by atoms with E-state index in [1.807, 2.05) is 0 Å². The number of nitro groups is 1. The molecule has 2 rings (SSSR count). The van der Waals surface area contributed by atoms with Gasteiger partial charge < -0.3 is 9.63 Å². The maximum atomic E-state index is 10.7. The number of aliphatic hydroxyl groups is 1. The number of hydrogen-bond acceptors (Lipinski definition) is 6. The Labute approximate surface area is 89.5 Å². The van der Waals surface area contributed by atoms with E-state index in [2.05, 4.69) is 10.1 Å². The molecule has 0 bridgehead atoms. The fourth-order valence-corrected chi connectivity index (χ4v) is 1.24. The average molecular weight is 221 g/mol.